The smallest absolute Gasteiger partial charge is 0.261 e. The van der Waals surface area contributed by atoms with Crippen molar-refractivity contribution < 1.29 is 20.1 Å². The Bertz CT molecular complexity index is 309. The van der Waals surface area contributed by atoms with Gasteiger partial charge in [-0.05, 0) is 10.6 Å². The molecule has 1 aliphatic heterocycles. The molecule has 1 rings (SSSR count). The molecule has 14 heavy (non-hydrogen) atoms. The summed E-state index contributed by atoms with van der Waals surface area (Å²) in [5, 5.41) is 39.3. The van der Waals surface area contributed by atoms with Gasteiger partial charge in [0.15, 0.2) is 0 Å². The fourth-order valence-corrected chi connectivity index (χ4v) is 1.11. The first-order valence-electron chi connectivity index (χ1n) is 3.73. The summed E-state index contributed by atoms with van der Waals surface area (Å²) < 4.78 is 4.71. The number of rotatable bonds is 1. The number of aliphatic hydroxyl groups excluding tert-OH is 3. The van der Waals surface area contributed by atoms with E-state index < -0.39 is 24.0 Å². The molecule has 0 aromatic carbocycles. The zero-order chi connectivity index (χ0) is 10.8. The third kappa shape index (κ3) is 1.50. The lowest BCUT2D eigenvalue weighted by atomic mass is 9.96. The maximum Gasteiger partial charge on any atom is 0.261 e. The van der Waals surface area contributed by atoms with E-state index in [9.17, 15) is 10.2 Å². The lowest BCUT2D eigenvalue weighted by molar-refractivity contribution is -0.212. The highest BCUT2D eigenvalue weighted by Gasteiger charge is 2.49. The van der Waals surface area contributed by atoms with Crippen molar-refractivity contribution in [2.45, 2.75) is 24.0 Å². The quantitative estimate of drug-likeness (QED) is 0.272. The van der Waals surface area contributed by atoms with Crippen molar-refractivity contribution in [3.63, 3.8) is 0 Å². The summed E-state index contributed by atoms with van der Waals surface area (Å²) in [5.41, 5.74) is 6.00. The van der Waals surface area contributed by atoms with Gasteiger partial charge in [0.1, 0.15) is 24.4 Å². The third-order valence-corrected chi connectivity index (χ3v) is 1.95. The Hall–Kier alpha value is -1.36. The highest BCUT2D eigenvalue weighted by Crippen LogP contribution is 2.27. The molecule has 0 unspecified atom stereocenters. The molecule has 8 heteroatoms. The lowest BCUT2D eigenvalue weighted by Crippen LogP contribution is -2.59. The van der Waals surface area contributed by atoms with Gasteiger partial charge < -0.3 is 20.1 Å². The number of ether oxygens (including phenoxy) is 1. The summed E-state index contributed by atoms with van der Waals surface area (Å²) >= 11 is 0. The van der Waals surface area contributed by atoms with E-state index in [2.05, 4.69) is 10.0 Å². The molecule has 0 amide bonds. The van der Waals surface area contributed by atoms with Crippen molar-refractivity contribution in [3.05, 3.63) is 10.4 Å². The van der Waals surface area contributed by atoms with Crippen molar-refractivity contribution >= 4 is 0 Å². The van der Waals surface area contributed by atoms with Gasteiger partial charge in [0, 0.05) is 4.91 Å². The number of nitriles is 1. The number of aliphatic hydroxyl groups is 3. The molecule has 0 aliphatic carbocycles. The molecule has 0 bridgehead atoms. The van der Waals surface area contributed by atoms with Crippen LogP contribution in [0.5, 0.6) is 0 Å². The van der Waals surface area contributed by atoms with Crippen molar-refractivity contribution in [1.82, 2.24) is 0 Å². The molecule has 76 valence electrons. The Labute approximate surface area is 78.6 Å². The molecule has 0 spiro atoms. The number of hydrogen-bond acceptors (Lipinski definition) is 6. The molecule has 1 saturated heterocycles. The molecule has 8 nitrogen and oxygen atoms in total. The summed E-state index contributed by atoms with van der Waals surface area (Å²) in [7, 11) is 0. The van der Waals surface area contributed by atoms with E-state index in [-0.39, 0.29) is 6.61 Å². The maximum absolute atomic E-state index is 9.37. The highest BCUT2D eigenvalue weighted by atomic mass is 16.5. The Balaban J connectivity index is 3.00. The monoisotopic (exact) mass is 200 g/mol. The van der Waals surface area contributed by atoms with E-state index in [1.165, 1.54) is 6.07 Å². The van der Waals surface area contributed by atoms with Gasteiger partial charge in [0.2, 0.25) is 0 Å². The van der Waals surface area contributed by atoms with Crippen LogP contribution in [0.15, 0.2) is 5.11 Å². The van der Waals surface area contributed by atoms with Crippen LogP contribution < -0.4 is 0 Å². The first kappa shape index (κ1) is 10.7. The molecule has 0 saturated carbocycles. The highest BCUT2D eigenvalue weighted by molar-refractivity contribution is 5.10. The van der Waals surface area contributed by atoms with Gasteiger partial charge in [-0.25, -0.2) is 0 Å². The number of azide groups is 1. The Morgan fingerprint density at radius 1 is 1.57 bits per heavy atom. The fraction of sp³-hybridized carbons (Fsp3) is 0.833. The summed E-state index contributed by atoms with van der Waals surface area (Å²) in [6, 6.07) is 1.46. The minimum Gasteiger partial charge on any atom is -0.388 e. The van der Waals surface area contributed by atoms with Crippen molar-refractivity contribution in [2.75, 3.05) is 6.61 Å². The predicted molar refractivity (Wildman–Crippen MR) is 41.5 cm³/mol. The number of nitrogens with zero attached hydrogens (tertiary/aromatic N) is 4. The molecular formula is C6H8N4O4. The van der Waals surface area contributed by atoms with Crippen molar-refractivity contribution in [2.24, 2.45) is 5.11 Å². The second-order valence-electron chi connectivity index (χ2n) is 2.81. The standard InChI is InChI=1S/C6H8N4O4/c7-2-6(9-10-8)5(13)4(12)3(11)1-14-6/h3-5,11-13H,1H2/t3-,4+,5-,6+/m1/s1. The van der Waals surface area contributed by atoms with Gasteiger partial charge in [-0.3, -0.25) is 0 Å². The molecular weight excluding hydrogens is 192 g/mol. The first-order valence-corrected chi connectivity index (χ1v) is 3.73. The SMILES string of the molecule is N#C[C@]1(N=[N+]=[N-])OC[C@@H](O)[C@H](O)[C@H]1O. The minimum atomic E-state index is -2.16. The Morgan fingerprint density at radius 2 is 2.21 bits per heavy atom. The average Bonchev–Trinajstić information content (AvgIpc) is 2.20. The summed E-state index contributed by atoms with van der Waals surface area (Å²) in [5.74, 6) is 0. The lowest BCUT2D eigenvalue weighted by Gasteiger charge is -2.37. The zero-order valence-electron chi connectivity index (χ0n) is 6.98. The Kier molecular flexibility index (Phi) is 2.90. The summed E-state index contributed by atoms with van der Waals surface area (Å²) in [6.07, 6.45) is -4.65. The second-order valence-corrected chi connectivity index (χ2v) is 2.81. The van der Waals surface area contributed by atoms with Crippen LogP contribution in [0, 0.1) is 11.3 Å². The first-order chi connectivity index (χ1) is 6.57. The molecule has 1 aliphatic rings. The third-order valence-electron chi connectivity index (χ3n) is 1.95. The molecule has 3 N–H and O–H groups in total. The van der Waals surface area contributed by atoms with Gasteiger partial charge >= 0.3 is 0 Å². The molecule has 1 fully saturated rings. The molecule has 1 heterocycles. The van der Waals surface area contributed by atoms with Crippen molar-refractivity contribution in [1.29, 1.82) is 5.26 Å². The van der Waals surface area contributed by atoms with Gasteiger partial charge in [-0.15, -0.1) is 0 Å². The zero-order valence-corrected chi connectivity index (χ0v) is 6.98. The van der Waals surface area contributed by atoms with E-state index in [4.69, 9.17) is 20.6 Å². The van der Waals surface area contributed by atoms with Crippen LogP contribution >= 0.6 is 0 Å². The van der Waals surface area contributed by atoms with Crippen LogP contribution in [0.2, 0.25) is 0 Å². The second kappa shape index (κ2) is 3.79. The Morgan fingerprint density at radius 3 is 2.71 bits per heavy atom. The van der Waals surface area contributed by atoms with Gasteiger partial charge in [-0.1, -0.05) is 0 Å². The van der Waals surface area contributed by atoms with E-state index in [1.54, 1.807) is 0 Å². The largest absolute Gasteiger partial charge is 0.388 e. The molecule has 0 aromatic rings. The van der Waals surface area contributed by atoms with Gasteiger partial charge in [-0.2, -0.15) is 5.26 Å². The summed E-state index contributed by atoms with van der Waals surface area (Å²) in [6.45, 7) is -0.384. The topological polar surface area (TPSA) is 142 Å². The van der Waals surface area contributed by atoms with E-state index >= 15 is 0 Å². The fourth-order valence-electron chi connectivity index (χ4n) is 1.11. The van der Waals surface area contributed by atoms with E-state index in [0.29, 0.717) is 0 Å². The van der Waals surface area contributed by atoms with Crippen LogP contribution in [0.4, 0.5) is 0 Å². The normalized spacial score (nSPS) is 42.3. The minimum absolute atomic E-state index is 0.384. The van der Waals surface area contributed by atoms with E-state index in [1.807, 2.05) is 0 Å². The van der Waals surface area contributed by atoms with Crippen LogP contribution in [0.3, 0.4) is 0 Å². The maximum atomic E-state index is 9.37. The van der Waals surface area contributed by atoms with Crippen LogP contribution in [0.25, 0.3) is 10.4 Å². The predicted octanol–water partition coefficient (Wildman–Crippen LogP) is -1.37. The molecule has 0 radical (unpaired) electrons. The van der Waals surface area contributed by atoms with Gasteiger partial charge in [0.05, 0.1) is 6.61 Å². The van der Waals surface area contributed by atoms with Crippen LogP contribution in [-0.4, -0.2) is 46.0 Å². The van der Waals surface area contributed by atoms with Gasteiger partial charge in [0.25, 0.3) is 5.72 Å². The number of hydrogen-bond donors (Lipinski definition) is 3. The van der Waals surface area contributed by atoms with E-state index in [0.717, 1.165) is 0 Å². The van der Waals surface area contributed by atoms with Crippen LogP contribution in [-0.2, 0) is 4.74 Å². The summed E-state index contributed by atoms with van der Waals surface area (Å²) in [4.78, 5) is 2.34. The average molecular weight is 200 g/mol. The molecule has 4 atom stereocenters. The molecule has 0 aromatic heterocycles. The van der Waals surface area contributed by atoms with Crippen molar-refractivity contribution in [3.8, 4) is 6.07 Å². The van der Waals surface area contributed by atoms with Crippen LogP contribution in [0.1, 0.15) is 0 Å².